The minimum atomic E-state index is -0.591. The number of rotatable bonds is 2. The molecule has 0 bridgehead atoms. The van der Waals surface area contributed by atoms with E-state index in [4.69, 9.17) is 5.73 Å². The second-order valence-electron chi connectivity index (χ2n) is 4.75. The number of benzene rings is 1. The van der Waals surface area contributed by atoms with E-state index in [2.05, 4.69) is 9.97 Å². The van der Waals surface area contributed by atoms with Gasteiger partial charge >= 0.3 is 0 Å². The summed E-state index contributed by atoms with van der Waals surface area (Å²) in [5, 5.41) is 1.50. The smallest absolute Gasteiger partial charge is 0.267 e. The van der Waals surface area contributed by atoms with Crippen molar-refractivity contribution in [1.82, 2.24) is 9.97 Å². The maximum atomic E-state index is 13.6. The fraction of sp³-hybridized carbons (Fsp3) is 0.0625. The lowest BCUT2D eigenvalue weighted by atomic mass is 9.99. The summed E-state index contributed by atoms with van der Waals surface area (Å²) in [6.45, 7) is 1.69. The summed E-state index contributed by atoms with van der Waals surface area (Å²) in [5.41, 5.74) is 7.51. The number of hydrogen-bond donors (Lipinski definition) is 1. The Bertz CT molecular complexity index is 861. The molecule has 0 atom stereocenters. The van der Waals surface area contributed by atoms with Crippen LogP contribution in [0.3, 0.4) is 0 Å². The van der Waals surface area contributed by atoms with Crippen molar-refractivity contribution in [2.24, 2.45) is 5.73 Å². The molecule has 0 aliphatic carbocycles. The maximum absolute atomic E-state index is 13.6. The zero-order chi connectivity index (χ0) is 15.0. The SMILES string of the molecule is Cc1c(F)cncc1-c1ccc2ccnc(C(N)=O)c2c1. The summed E-state index contributed by atoms with van der Waals surface area (Å²) in [4.78, 5) is 19.4. The molecule has 2 heterocycles. The van der Waals surface area contributed by atoms with E-state index in [1.807, 2.05) is 12.1 Å². The first-order valence-electron chi connectivity index (χ1n) is 6.37. The van der Waals surface area contributed by atoms with E-state index in [9.17, 15) is 9.18 Å². The van der Waals surface area contributed by atoms with Crippen LogP contribution in [0, 0.1) is 12.7 Å². The molecule has 3 rings (SSSR count). The van der Waals surface area contributed by atoms with E-state index in [1.54, 1.807) is 25.3 Å². The van der Waals surface area contributed by atoms with Crippen molar-refractivity contribution in [2.45, 2.75) is 6.92 Å². The van der Waals surface area contributed by atoms with Gasteiger partial charge in [-0.3, -0.25) is 14.8 Å². The second-order valence-corrected chi connectivity index (χ2v) is 4.75. The Labute approximate surface area is 120 Å². The number of amides is 1. The highest BCUT2D eigenvalue weighted by molar-refractivity contribution is 6.05. The van der Waals surface area contributed by atoms with Gasteiger partial charge in [0.1, 0.15) is 11.5 Å². The highest BCUT2D eigenvalue weighted by Gasteiger charge is 2.11. The van der Waals surface area contributed by atoms with Gasteiger partial charge in [0.05, 0.1) is 6.20 Å². The van der Waals surface area contributed by atoms with Gasteiger partial charge in [-0.15, -0.1) is 0 Å². The van der Waals surface area contributed by atoms with E-state index >= 15 is 0 Å². The summed E-state index contributed by atoms with van der Waals surface area (Å²) in [6, 6.07) is 7.29. The number of carbonyl (C=O) groups is 1. The van der Waals surface area contributed by atoms with Crippen molar-refractivity contribution in [3.05, 3.63) is 59.9 Å². The molecule has 2 N–H and O–H groups in total. The Kier molecular flexibility index (Phi) is 3.10. The molecule has 5 heteroatoms. The van der Waals surface area contributed by atoms with Crippen molar-refractivity contribution in [3.63, 3.8) is 0 Å². The van der Waals surface area contributed by atoms with Crippen LogP contribution in [0.4, 0.5) is 4.39 Å². The summed E-state index contributed by atoms with van der Waals surface area (Å²) >= 11 is 0. The normalized spacial score (nSPS) is 10.8. The number of halogens is 1. The first kappa shape index (κ1) is 13.2. The fourth-order valence-corrected chi connectivity index (χ4v) is 2.32. The minimum absolute atomic E-state index is 0.205. The number of hydrogen-bond acceptors (Lipinski definition) is 3. The first-order valence-corrected chi connectivity index (χ1v) is 6.37. The van der Waals surface area contributed by atoms with Crippen LogP contribution in [0.15, 0.2) is 42.9 Å². The molecule has 0 saturated heterocycles. The lowest BCUT2D eigenvalue weighted by Crippen LogP contribution is -2.13. The molecule has 0 fully saturated rings. The summed E-state index contributed by atoms with van der Waals surface area (Å²) in [5.74, 6) is -0.958. The summed E-state index contributed by atoms with van der Waals surface area (Å²) < 4.78 is 13.6. The van der Waals surface area contributed by atoms with E-state index in [1.165, 1.54) is 12.4 Å². The Balaban J connectivity index is 2.28. The van der Waals surface area contributed by atoms with Gasteiger partial charge < -0.3 is 5.73 Å². The Hall–Kier alpha value is -2.82. The molecular formula is C16H12FN3O. The van der Waals surface area contributed by atoms with Gasteiger partial charge in [-0.05, 0) is 35.6 Å². The third-order valence-corrected chi connectivity index (χ3v) is 3.46. The predicted octanol–water partition coefficient (Wildman–Crippen LogP) is 2.84. The molecule has 3 aromatic rings. The van der Waals surface area contributed by atoms with E-state index in [0.717, 1.165) is 10.9 Å². The molecule has 4 nitrogen and oxygen atoms in total. The zero-order valence-electron chi connectivity index (χ0n) is 11.3. The van der Waals surface area contributed by atoms with E-state index in [-0.39, 0.29) is 11.5 Å². The molecule has 2 aromatic heterocycles. The van der Waals surface area contributed by atoms with Crippen LogP contribution in [0.2, 0.25) is 0 Å². The lowest BCUT2D eigenvalue weighted by Gasteiger charge is -2.09. The monoisotopic (exact) mass is 281 g/mol. The molecule has 0 spiro atoms. The van der Waals surface area contributed by atoms with Crippen LogP contribution < -0.4 is 5.73 Å². The van der Waals surface area contributed by atoms with Crippen molar-refractivity contribution >= 4 is 16.7 Å². The standard InChI is InChI=1S/C16H12FN3O/c1-9-13(7-19-8-14(9)17)11-3-2-10-4-5-20-15(16(18)21)12(10)6-11/h2-8H,1H3,(H2,18,21). The van der Waals surface area contributed by atoms with E-state index in [0.29, 0.717) is 16.5 Å². The number of primary amides is 1. The van der Waals surface area contributed by atoms with Gasteiger partial charge in [0, 0.05) is 23.3 Å². The molecular weight excluding hydrogens is 269 g/mol. The van der Waals surface area contributed by atoms with Crippen molar-refractivity contribution in [1.29, 1.82) is 0 Å². The number of aromatic nitrogens is 2. The van der Waals surface area contributed by atoms with Gasteiger partial charge in [-0.1, -0.05) is 12.1 Å². The number of carbonyl (C=O) groups excluding carboxylic acids is 1. The topological polar surface area (TPSA) is 68.9 Å². The van der Waals surface area contributed by atoms with Crippen molar-refractivity contribution in [2.75, 3.05) is 0 Å². The van der Waals surface area contributed by atoms with Crippen LogP contribution in [-0.4, -0.2) is 15.9 Å². The molecule has 0 aliphatic rings. The van der Waals surface area contributed by atoms with Gasteiger partial charge in [0.25, 0.3) is 5.91 Å². The quantitative estimate of drug-likeness (QED) is 0.785. The molecule has 104 valence electrons. The zero-order valence-corrected chi connectivity index (χ0v) is 11.3. The molecule has 0 unspecified atom stereocenters. The van der Waals surface area contributed by atoms with Gasteiger partial charge in [-0.2, -0.15) is 0 Å². The van der Waals surface area contributed by atoms with Crippen LogP contribution in [-0.2, 0) is 0 Å². The van der Waals surface area contributed by atoms with Crippen LogP contribution in [0.5, 0.6) is 0 Å². The lowest BCUT2D eigenvalue weighted by molar-refractivity contribution is 0.0997. The third kappa shape index (κ3) is 2.23. The highest BCUT2D eigenvalue weighted by Crippen LogP contribution is 2.28. The van der Waals surface area contributed by atoms with Crippen LogP contribution in [0.25, 0.3) is 21.9 Å². The predicted molar refractivity (Wildman–Crippen MR) is 78.2 cm³/mol. The minimum Gasteiger partial charge on any atom is -0.364 e. The maximum Gasteiger partial charge on any atom is 0.267 e. The summed E-state index contributed by atoms with van der Waals surface area (Å²) in [6.07, 6.45) is 4.31. The number of nitrogens with zero attached hydrogens (tertiary/aromatic N) is 2. The van der Waals surface area contributed by atoms with Gasteiger partial charge in [-0.25, -0.2) is 4.39 Å². The first-order chi connectivity index (χ1) is 10.1. The summed E-state index contributed by atoms with van der Waals surface area (Å²) in [7, 11) is 0. The largest absolute Gasteiger partial charge is 0.364 e. The van der Waals surface area contributed by atoms with Crippen molar-refractivity contribution < 1.29 is 9.18 Å². The fourth-order valence-electron chi connectivity index (χ4n) is 2.32. The van der Waals surface area contributed by atoms with Gasteiger partial charge in [0.2, 0.25) is 0 Å². The third-order valence-electron chi connectivity index (χ3n) is 3.46. The number of nitrogens with two attached hydrogens (primary N) is 1. The Morgan fingerprint density at radius 2 is 2.05 bits per heavy atom. The Morgan fingerprint density at radius 1 is 1.24 bits per heavy atom. The average molecular weight is 281 g/mol. The molecule has 21 heavy (non-hydrogen) atoms. The average Bonchev–Trinajstić information content (AvgIpc) is 2.48. The molecule has 0 radical (unpaired) electrons. The number of fused-ring (bicyclic) bond motifs is 1. The Morgan fingerprint density at radius 3 is 2.81 bits per heavy atom. The van der Waals surface area contributed by atoms with Gasteiger partial charge in [0.15, 0.2) is 0 Å². The van der Waals surface area contributed by atoms with Crippen LogP contribution >= 0.6 is 0 Å². The highest BCUT2D eigenvalue weighted by atomic mass is 19.1. The van der Waals surface area contributed by atoms with Crippen LogP contribution in [0.1, 0.15) is 16.1 Å². The molecule has 1 aromatic carbocycles. The van der Waals surface area contributed by atoms with E-state index < -0.39 is 5.91 Å². The van der Waals surface area contributed by atoms with Crippen molar-refractivity contribution in [3.8, 4) is 11.1 Å². The molecule has 0 aliphatic heterocycles. The number of pyridine rings is 2. The molecule has 0 saturated carbocycles. The second kappa shape index (κ2) is 4.94. The molecule has 1 amide bonds.